The molecule has 3 aliphatic rings. The number of benzene rings is 2. The third-order valence-electron chi connectivity index (χ3n) is 6.86. The van der Waals surface area contributed by atoms with Crippen LogP contribution in [0.15, 0.2) is 36.4 Å². The normalized spacial score (nSPS) is 27.8. The van der Waals surface area contributed by atoms with Gasteiger partial charge in [-0.05, 0) is 42.3 Å². The van der Waals surface area contributed by atoms with Crippen molar-refractivity contribution in [3.05, 3.63) is 63.9 Å². The molecule has 170 valence electrons. The average molecular weight is 472 g/mol. The number of halogens is 2. The zero-order chi connectivity index (χ0) is 23.7. The Bertz CT molecular complexity index is 1230. The fourth-order valence-electron chi connectivity index (χ4n) is 5.56. The van der Waals surface area contributed by atoms with E-state index in [0.29, 0.717) is 21.8 Å². The molecular weight excluding hydrogens is 451 g/mol. The monoisotopic (exact) mass is 471 g/mol. The predicted octanol–water partition coefficient (Wildman–Crippen LogP) is 0.557. The molecule has 2 saturated heterocycles. The fourth-order valence-corrected chi connectivity index (χ4v) is 5.88. The second kappa shape index (κ2) is 7.36. The van der Waals surface area contributed by atoms with Crippen LogP contribution in [0.25, 0.3) is 0 Å². The number of amides is 4. The van der Waals surface area contributed by atoms with Gasteiger partial charge in [-0.2, -0.15) is 0 Å². The number of imide groups is 1. The molecular formula is C23H21ClFN4O4+. The number of hydrogen-bond acceptors (Lipinski definition) is 4. The first-order chi connectivity index (χ1) is 15.6. The largest absolute Gasteiger partial charge is 0.369 e. The summed E-state index contributed by atoms with van der Waals surface area (Å²) in [7, 11) is 0. The van der Waals surface area contributed by atoms with E-state index >= 15 is 0 Å². The maximum atomic E-state index is 13.7. The van der Waals surface area contributed by atoms with Crippen molar-refractivity contribution in [2.75, 3.05) is 5.32 Å². The van der Waals surface area contributed by atoms with Crippen LogP contribution >= 0.6 is 11.6 Å². The Kier molecular flexibility index (Phi) is 4.80. The third-order valence-corrected chi connectivity index (χ3v) is 7.15. The highest BCUT2D eigenvalue weighted by Crippen LogP contribution is 2.51. The van der Waals surface area contributed by atoms with Crippen LogP contribution in [0.2, 0.25) is 5.02 Å². The van der Waals surface area contributed by atoms with Crippen LogP contribution in [-0.4, -0.2) is 34.6 Å². The van der Waals surface area contributed by atoms with Crippen molar-refractivity contribution in [3.8, 4) is 0 Å². The second-order valence-corrected chi connectivity index (χ2v) is 9.29. The van der Waals surface area contributed by atoms with E-state index in [-0.39, 0.29) is 13.0 Å². The Morgan fingerprint density at radius 1 is 1.21 bits per heavy atom. The van der Waals surface area contributed by atoms with Crippen molar-refractivity contribution in [2.24, 2.45) is 17.6 Å². The number of nitrogens with one attached hydrogen (secondary N) is 1. The molecule has 0 unspecified atom stereocenters. The Morgan fingerprint density at radius 2 is 1.91 bits per heavy atom. The lowest BCUT2D eigenvalue weighted by atomic mass is 9.76. The third kappa shape index (κ3) is 3.07. The molecule has 0 bridgehead atoms. The van der Waals surface area contributed by atoms with Crippen molar-refractivity contribution < 1.29 is 28.9 Å². The molecule has 0 aliphatic carbocycles. The van der Waals surface area contributed by atoms with Gasteiger partial charge in [0.15, 0.2) is 0 Å². The number of anilines is 1. The van der Waals surface area contributed by atoms with Gasteiger partial charge < -0.3 is 16.4 Å². The van der Waals surface area contributed by atoms with E-state index in [9.17, 15) is 23.6 Å². The van der Waals surface area contributed by atoms with E-state index in [1.54, 1.807) is 17.4 Å². The van der Waals surface area contributed by atoms with E-state index < -0.39 is 52.9 Å². The minimum absolute atomic E-state index is 0.0621. The lowest BCUT2D eigenvalue weighted by molar-refractivity contribution is -0.732. The lowest BCUT2D eigenvalue weighted by Gasteiger charge is -2.26. The standard InChI is InChI=1S/C23H20ClFN4O4/c1-10-6-13-19(14(24)7-10)27-22(33)23(13)18-17(15(28-23)8-16(26)30)20(31)29(21(18)32)9-11-2-4-12(25)5-3-11/h2-7,15,17-18,28H,8-9H2,1H3,(H2,26,30)(H,27,33)/p+1/t15-,17+,18-,23+/m0/s1. The van der Waals surface area contributed by atoms with Crippen molar-refractivity contribution in [2.45, 2.75) is 31.5 Å². The Labute approximate surface area is 193 Å². The van der Waals surface area contributed by atoms with Gasteiger partial charge in [-0.3, -0.25) is 24.1 Å². The van der Waals surface area contributed by atoms with Crippen LogP contribution in [0.4, 0.5) is 10.1 Å². The van der Waals surface area contributed by atoms with Crippen LogP contribution in [-0.2, 0) is 31.3 Å². The first kappa shape index (κ1) is 21.5. The summed E-state index contributed by atoms with van der Waals surface area (Å²) in [5.41, 5.74) is 6.28. The van der Waals surface area contributed by atoms with Crippen LogP contribution in [0.1, 0.15) is 23.1 Å². The molecule has 1 spiro atoms. The van der Waals surface area contributed by atoms with Gasteiger partial charge in [0.05, 0.1) is 23.7 Å². The molecule has 5 N–H and O–H groups in total. The number of likely N-dealkylation sites (tertiary alicyclic amines) is 1. The minimum Gasteiger partial charge on any atom is -0.369 e. The fraction of sp³-hybridized carbons (Fsp3) is 0.304. The highest BCUT2D eigenvalue weighted by Gasteiger charge is 2.74. The van der Waals surface area contributed by atoms with Crippen LogP contribution in [0.5, 0.6) is 0 Å². The summed E-state index contributed by atoms with van der Waals surface area (Å²) in [6.07, 6.45) is -0.172. The van der Waals surface area contributed by atoms with Crippen molar-refractivity contribution in [1.29, 1.82) is 0 Å². The SMILES string of the molecule is Cc1cc(Cl)c2c(c1)[C@]1([NH2+][C@@H](CC(N)=O)[C@H]3C(=O)N(Cc4ccc(F)cc4)C(=O)[C@H]31)C(=O)N2. The van der Waals surface area contributed by atoms with Gasteiger partial charge in [0.2, 0.25) is 23.3 Å². The quantitative estimate of drug-likeness (QED) is 0.563. The topological polar surface area (TPSA) is 126 Å². The van der Waals surface area contributed by atoms with Gasteiger partial charge in [-0.15, -0.1) is 0 Å². The number of quaternary nitrogens is 1. The molecule has 3 heterocycles. The number of carbonyl (C=O) groups excluding carboxylic acids is 4. The van der Waals surface area contributed by atoms with E-state index in [2.05, 4.69) is 5.32 Å². The molecule has 0 saturated carbocycles. The van der Waals surface area contributed by atoms with Gasteiger partial charge in [0, 0.05) is 5.56 Å². The summed E-state index contributed by atoms with van der Waals surface area (Å²) in [6, 6.07) is 8.27. The summed E-state index contributed by atoms with van der Waals surface area (Å²) in [4.78, 5) is 53.4. The Hall–Kier alpha value is -3.30. The summed E-state index contributed by atoms with van der Waals surface area (Å²) in [5.74, 6) is -4.47. The van der Waals surface area contributed by atoms with Gasteiger partial charge in [0.25, 0.3) is 5.91 Å². The first-order valence-corrected chi connectivity index (χ1v) is 10.9. The highest BCUT2D eigenvalue weighted by molar-refractivity contribution is 6.35. The maximum Gasteiger partial charge on any atom is 0.291 e. The lowest BCUT2D eigenvalue weighted by Crippen LogP contribution is -2.99. The number of rotatable bonds is 4. The van der Waals surface area contributed by atoms with Gasteiger partial charge >= 0.3 is 0 Å². The number of hydrogen-bond donors (Lipinski definition) is 3. The number of primary amides is 1. The van der Waals surface area contributed by atoms with E-state index in [0.717, 1.165) is 10.5 Å². The zero-order valence-corrected chi connectivity index (χ0v) is 18.4. The molecule has 33 heavy (non-hydrogen) atoms. The molecule has 3 aliphatic heterocycles. The van der Waals surface area contributed by atoms with E-state index in [4.69, 9.17) is 17.3 Å². The van der Waals surface area contributed by atoms with Crippen LogP contribution < -0.4 is 16.4 Å². The predicted molar refractivity (Wildman–Crippen MR) is 115 cm³/mol. The number of nitrogens with zero attached hydrogens (tertiary/aromatic N) is 1. The molecule has 0 aromatic heterocycles. The van der Waals surface area contributed by atoms with Gasteiger partial charge in [-0.1, -0.05) is 23.7 Å². The number of fused-ring (bicyclic) bond motifs is 4. The molecule has 2 fully saturated rings. The molecule has 0 radical (unpaired) electrons. The van der Waals surface area contributed by atoms with E-state index in [1.165, 1.54) is 24.3 Å². The molecule has 2 aromatic carbocycles. The molecule has 2 aromatic rings. The first-order valence-electron chi connectivity index (χ1n) is 10.5. The van der Waals surface area contributed by atoms with E-state index in [1.807, 2.05) is 6.92 Å². The van der Waals surface area contributed by atoms with Gasteiger partial charge in [-0.25, -0.2) is 4.39 Å². The summed E-state index contributed by atoms with van der Waals surface area (Å²) >= 11 is 6.38. The van der Waals surface area contributed by atoms with Crippen molar-refractivity contribution in [1.82, 2.24) is 4.90 Å². The molecule has 8 nitrogen and oxygen atoms in total. The maximum absolute atomic E-state index is 13.7. The minimum atomic E-state index is -1.44. The number of carbonyl (C=O) groups is 4. The number of nitrogens with two attached hydrogens (primary N) is 2. The molecule has 10 heteroatoms. The highest BCUT2D eigenvalue weighted by atomic mass is 35.5. The summed E-state index contributed by atoms with van der Waals surface area (Å²) in [6.45, 7) is 1.76. The summed E-state index contributed by atoms with van der Waals surface area (Å²) < 4.78 is 13.3. The molecule has 5 rings (SSSR count). The van der Waals surface area contributed by atoms with Crippen molar-refractivity contribution in [3.63, 3.8) is 0 Å². The Balaban J connectivity index is 1.62. The summed E-state index contributed by atoms with van der Waals surface area (Å²) in [5, 5.41) is 4.74. The molecule has 4 amide bonds. The second-order valence-electron chi connectivity index (χ2n) is 8.89. The van der Waals surface area contributed by atoms with Crippen molar-refractivity contribution >= 4 is 40.9 Å². The number of aryl methyl sites for hydroxylation is 1. The molecule has 4 atom stereocenters. The zero-order valence-electron chi connectivity index (χ0n) is 17.6. The van der Waals surface area contributed by atoms with Gasteiger partial charge in [0.1, 0.15) is 23.7 Å². The van der Waals surface area contributed by atoms with Crippen LogP contribution in [0.3, 0.4) is 0 Å². The smallest absolute Gasteiger partial charge is 0.291 e. The van der Waals surface area contributed by atoms with Crippen LogP contribution in [0, 0.1) is 24.6 Å². The Morgan fingerprint density at radius 3 is 2.58 bits per heavy atom. The average Bonchev–Trinajstić information content (AvgIpc) is 3.31.